The van der Waals surface area contributed by atoms with Crippen molar-refractivity contribution in [3.63, 3.8) is 0 Å². The van der Waals surface area contributed by atoms with Crippen LogP contribution in [0, 0.1) is 0 Å². The number of nitrogens with zero attached hydrogens (tertiary/aromatic N) is 4. The number of ether oxygens (including phenoxy) is 2. The molecule has 1 amide bonds. The van der Waals surface area contributed by atoms with Crippen molar-refractivity contribution in [3.05, 3.63) is 60.7 Å². The van der Waals surface area contributed by atoms with Gasteiger partial charge in [0.05, 0.1) is 23.2 Å². The van der Waals surface area contributed by atoms with Crippen LogP contribution in [-0.2, 0) is 14.8 Å². The second kappa shape index (κ2) is 8.97. The van der Waals surface area contributed by atoms with Crippen LogP contribution in [0.4, 0.5) is 0 Å². The molecule has 2 aromatic carbocycles. The molecule has 0 bridgehead atoms. The van der Waals surface area contributed by atoms with Gasteiger partial charge in [-0.25, -0.2) is 18.1 Å². The Hall–Kier alpha value is -3.44. The number of rotatable bonds is 7. The molecule has 4 rings (SSSR count). The van der Waals surface area contributed by atoms with E-state index in [0.717, 1.165) is 15.6 Å². The van der Waals surface area contributed by atoms with E-state index in [4.69, 9.17) is 9.47 Å². The van der Waals surface area contributed by atoms with E-state index in [9.17, 15) is 13.2 Å². The van der Waals surface area contributed by atoms with Crippen LogP contribution in [0.3, 0.4) is 0 Å². The van der Waals surface area contributed by atoms with Gasteiger partial charge in [0.25, 0.3) is 0 Å². The lowest BCUT2D eigenvalue weighted by Crippen LogP contribution is -2.39. The van der Waals surface area contributed by atoms with Crippen LogP contribution >= 0.6 is 0 Å². The van der Waals surface area contributed by atoms with Gasteiger partial charge in [0.1, 0.15) is 25.9 Å². The minimum atomic E-state index is -3.88. The average Bonchev–Trinajstić information content (AvgIpc) is 3.33. The molecule has 168 valence electrons. The summed E-state index contributed by atoms with van der Waals surface area (Å²) in [4.78, 5) is 16.5. The summed E-state index contributed by atoms with van der Waals surface area (Å²) < 4.78 is 39.3. The number of carbonyl (C=O) groups is 1. The van der Waals surface area contributed by atoms with Crippen LogP contribution in [-0.4, -0.2) is 60.2 Å². The molecule has 1 N–H and O–H groups in total. The first kappa shape index (κ1) is 21.8. The van der Waals surface area contributed by atoms with E-state index in [2.05, 4.69) is 15.4 Å². The Balaban J connectivity index is 1.38. The molecule has 0 saturated heterocycles. The number of carbonyl (C=O) groups excluding carboxylic acids is 1. The van der Waals surface area contributed by atoms with Crippen molar-refractivity contribution in [2.75, 3.05) is 26.8 Å². The van der Waals surface area contributed by atoms with Crippen LogP contribution < -0.4 is 14.8 Å². The number of aromatic nitrogens is 3. The van der Waals surface area contributed by atoms with E-state index in [1.807, 2.05) is 31.2 Å². The Morgan fingerprint density at radius 3 is 2.56 bits per heavy atom. The molecule has 0 aliphatic carbocycles. The fourth-order valence-corrected chi connectivity index (χ4v) is 4.42. The Morgan fingerprint density at radius 1 is 1.16 bits per heavy atom. The number of likely N-dealkylation sites (N-methyl/N-ethyl adjacent to an activating group) is 1. The lowest BCUT2D eigenvalue weighted by Gasteiger charge is -2.22. The van der Waals surface area contributed by atoms with Gasteiger partial charge in [-0.1, -0.05) is 12.1 Å². The Bertz CT molecular complexity index is 1200. The summed E-state index contributed by atoms with van der Waals surface area (Å²) >= 11 is 0. The lowest BCUT2D eigenvalue weighted by atomic mass is 10.1. The number of fused-ring (bicyclic) bond motifs is 1. The molecule has 10 nitrogen and oxygen atoms in total. The first-order chi connectivity index (χ1) is 15.3. The zero-order chi connectivity index (χ0) is 22.7. The Morgan fingerprint density at radius 2 is 1.88 bits per heavy atom. The predicted molar refractivity (Wildman–Crippen MR) is 115 cm³/mol. The van der Waals surface area contributed by atoms with Crippen molar-refractivity contribution in [3.8, 4) is 17.2 Å². The summed E-state index contributed by atoms with van der Waals surface area (Å²) in [7, 11) is -2.51. The standard InChI is InChI=1S/C21H23N5O5S/c1-15(16-3-5-17(6-4-16)26-14-22-13-23-26)24-21(27)12-25(2)32(28,29)18-7-8-19-20(11-18)31-10-9-30-19/h3-8,11,13-15H,9-10,12H2,1-2H3,(H,24,27). The Labute approximate surface area is 185 Å². The van der Waals surface area contributed by atoms with Crippen molar-refractivity contribution in [2.45, 2.75) is 17.9 Å². The number of benzene rings is 2. The van der Waals surface area contributed by atoms with E-state index < -0.39 is 15.9 Å². The second-order valence-corrected chi connectivity index (χ2v) is 9.33. The summed E-state index contributed by atoms with van der Waals surface area (Å²) in [6.07, 6.45) is 3.05. The van der Waals surface area contributed by atoms with Gasteiger partial charge in [0.15, 0.2) is 11.5 Å². The summed E-state index contributed by atoms with van der Waals surface area (Å²) in [5, 5.41) is 6.90. The minimum absolute atomic E-state index is 0.0359. The normalized spacial score (nSPS) is 14.2. The van der Waals surface area contributed by atoms with Gasteiger partial charge in [-0.2, -0.15) is 9.40 Å². The smallest absolute Gasteiger partial charge is 0.243 e. The molecule has 0 saturated carbocycles. The van der Waals surface area contributed by atoms with Crippen molar-refractivity contribution < 1.29 is 22.7 Å². The monoisotopic (exact) mass is 457 g/mol. The highest BCUT2D eigenvalue weighted by Gasteiger charge is 2.26. The molecular formula is C21H23N5O5S. The van der Waals surface area contributed by atoms with Crippen LogP contribution in [0.2, 0.25) is 0 Å². The van der Waals surface area contributed by atoms with Crippen molar-refractivity contribution in [1.29, 1.82) is 0 Å². The SMILES string of the molecule is CC(NC(=O)CN(C)S(=O)(=O)c1ccc2c(c1)OCCO2)c1ccc(-n2cncn2)cc1. The van der Waals surface area contributed by atoms with Gasteiger partial charge in [-0.3, -0.25) is 4.79 Å². The van der Waals surface area contributed by atoms with E-state index in [-0.39, 0.29) is 17.5 Å². The fraction of sp³-hybridized carbons (Fsp3) is 0.286. The first-order valence-corrected chi connectivity index (χ1v) is 11.4. The highest BCUT2D eigenvalue weighted by atomic mass is 32.2. The van der Waals surface area contributed by atoms with Gasteiger partial charge in [-0.15, -0.1) is 0 Å². The van der Waals surface area contributed by atoms with E-state index >= 15 is 0 Å². The number of hydrogen-bond acceptors (Lipinski definition) is 7. The molecule has 0 spiro atoms. The number of sulfonamides is 1. The molecule has 0 fully saturated rings. The Kier molecular flexibility index (Phi) is 6.10. The molecule has 1 aliphatic rings. The van der Waals surface area contributed by atoms with Crippen LogP contribution in [0.1, 0.15) is 18.5 Å². The topological polar surface area (TPSA) is 116 Å². The average molecular weight is 458 g/mol. The maximum absolute atomic E-state index is 12.9. The number of amides is 1. The summed E-state index contributed by atoms with van der Waals surface area (Å²) in [6, 6.07) is 11.6. The van der Waals surface area contributed by atoms with Gasteiger partial charge in [-0.05, 0) is 36.8 Å². The zero-order valence-corrected chi connectivity index (χ0v) is 18.4. The molecule has 11 heteroatoms. The quantitative estimate of drug-likeness (QED) is 0.572. The molecule has 1 aliphatic heterocycles. The van der Waals surface area contributed by atoms with E-state index in [1.165, 1.54) is 25.5 Å². The van der Waals surface area contributed by atoms with Crippen LogP contribution in [0.15, 0.2) is 60.0 Å². The molecule has 1 unspecified atom stereocenters. The maximum atomic E-state index is 12.9. The van der Waals surface area contributed by atoms with Crippen LogP contribution in [0.25, 0.3) is 5.69 Å². The molecular weight excluding hydrogens is 434 g/mol. The van der Waals surface area contributed by atoms with Crippen molar-refractivity contribution >= 4 is 15.9 Å². The largest absolute Gasteiger partial charge is 0.486 e. The van der Waals surface area contributed by atoms with Gasteiger partial charge in [0, 0.05) is 13.1 Å². The van der Waals surface area contributed by atoms with Crippen molar-refractivity contribution in [2.24, 2.45) is 0 Å². The molecule has 32 heavy (non-hydrogen) atoms. The predicted octanol–water partition coefficient (Wildman–Crippen LogP) is 1.54. The highest BCUT2D eigenvalue weighted by molar-refractivity contribution is 7.89. The maximum Gasteiger partial charge on any atom is 0.243 e. The van der Waals surface area contributed by atoms with E-state index in [1.54, 1.807) is 17.1 Å². The third-order valence-corrected chi connectivity index (χ3v) is 6.84. The van der Waals surface area contributed by atoms with Crippen LogP contribution in [0.5, 0.6) is 11.5 Å². The summed E-state index contributed by atoms with van der Waals surface area (Å²) in [6.45, 7) is 2.28. The first-order valence-electron chi connectivity index (χ1n) is 9.95. The summed E-state index contributed by atoms with van der Waals surface area (Å²) in [5.74, 6) is 0.457. The van der Waals surface area contributed by atoms with Crippen molar-refractivity contribution in [1.82, 2.24) is 24.4 Å². The summed E-state index contributed by atoms with van der Waals surface area (Å²) in [5.41, 5.74) is 1.72. The zero-order valence-electron chi connectivity index (χ0n) is 17.6. The van der Waals surface area contributed by atoms with E-state index in [0.29, 0.717) is 24.7 Å². The molecule has 1 atom stereocenters. The molecule has 0 radical (unpaired) electrons. The molecule has 1 aromatic heterocycles. The third-order valence-electron chi connectivity index (χ3n) is 5.04. The number of hydrogen-bond donors (Lipinski definition) is 1. The molecule has 3 aromatic rings. The fourth-order valence-electron chi connectivity index (χ4n) is 3.28. The minimum Gasteiger partial charge on any atom is -0.486 e. The van der Waals surface area contributed by atoms with Gasteiger partial charge < -0.3 is 14.8 Å². The second-order valence-electron chi connectivity index (χ2n) is 7.29. The number of nitrogens with one attached hydrogen (secondary N) is 1. The van der Waals surface area contributed by atoms with Gasteiger partial charge >= 0.3 is 0 Å². The molecule has 2 heterocycles. The highest BCUT2D eigenvalue weighted by Crippen LogP contribution is 2.32. The van der Waals surface area contributed by atoms with Gasteiger partial charge in [0.2, 0.25) is 15.9 Å². The lowest BCUT2D eigenvalue weighted by molar-refractivity contribution is -0.121. The third kappa shape index (κ3) is 4.58.